The van der Waals surface area contributed by atoms with Crippen molar-refractivity contribution in [3.05, 3.63) is 0 Å². The molecule has 62 valence electrons. The smallest absolute Gasteiger partial charge is 0.0620 e. The highest BCUT2D eigenvalue weighted by Gasteiger charge is 2.56. The number of hydrogen-bond donors (Lipinski definition) is 1. The topological polar surface area (TPSA) is 21.3 Å². The second kappa shape index (κ2) is 1.99. The molecule has 4 rings (SSSR count). The van der Waals surface area contributed by atoms with Crippen LogP contribution in [0.1, 0.15) is 25.7 Å². The SMILES string of the molecule is C1CC(NC23CC(C2)C3)CO1. The Morgan fingerprint density at radius 2 is 2.09 bits per heavy atom. The highest BCUT2D eigenvalue weighted by molar-refractivity contribution is 5.14. The van der Waals surface area contributed by atoms with Crippen molar-refractivity contribution in [1.82, 2.24) is 5.32 Å². The Hall–Kier alpha value is -0.0800. The van der Waals surface area contributed by atoms with Gasteiger partial charge in [0.05, 0.1) is 6.61 Å². The van der Waals surface area contributed by atoms with Crippen LogP contribution in [0.15, 0.2) is 0 Å². The van der Waals surface area contributed by atoms with Crippen molar-refractivity contribution >= 4 is 0 Å². The molecule has 0 spiro atoms. The Kier molecular flexibility index (Phi) is 1.16. The fraction of sp³-hybridized carbons (Fsp3) is 1.00. The van der Waals surface area contributed by atoms with Gasteiger partial charge in [-0.15, -0.1) is 0 Å². The van der Waals surface area contributed by atoms with E-state index >= 15 is 0 Å². The molecule has 1 atom stereocenters. The summed E-state index contributed by atoms with van der Waals surface area (Å²) in [6.07, 6.45) is 5.57. The lowest BCUT2D eigenvalue weighted by Crippen LogP contribution is -2.69. The summed E-state index contributed by atoms with van der Waals surface area (Å²) in [7, 11) is 0. The van der Waals surface area contributed by atoms with Gasteiger partial charge in [0.1, 0.15) is 0 Å². The van der Waals surface area contributed by atoms with Crippen molar-refractivity contribution in [1.29, 1.82) is 0 Å². The highest BCUT2D eigenvalue weighted by atomic mass is 16.5. The molecule has 3 aliphatic carbocycles. The van der Waals surface area contributed by atoms with Crippen LogP contribution >= 0.6 is 0 Å². The average molecular weight is 153 g/mol. The van der Waals surface area contributed by atoms with E-state index in [1.807, 2.05) is 0 Å². The predicted octanol–water partition coefficient (Wildman–Crippen LogP) is 0.917. The first-order valence-corrected chi connectivity index (χ1v) is 4.72. The lowest BCUT2D eigenvalue weighted by atomic mass is 9.49. The van der Waals surface area contributed by atoms with Gasteiger partial charge in [-0.2, -0.15) is 0 Å². The molecule has 0 radical (unpaired) electrons. The lowest BCUT2D eigenvalue weighted by molar-refractivity contribution is -0.0591. The van der Waals surface area contributed by atoms with Gasteiger partial charge in [-0.25, -0.2) is 0 Å². The first-order valence-electron chi connectivity index (χ1n) is 4.72. The molecule has 4 aliphatic rings. The molecular weight excluding hydrogens is 138 g/mol. The van der Waals surface area contributed by atoms with E-state index in [0.717, 1.165) is 19.1 Å². The number of rotatable bonds is 2. The van der Waals surface area contributed by atoms with Crippen LogP contribution in [0.3, 0.4) is 0 Å². The van der Waals surface area contributed by atoms with Crippen LogP contribution in [0.25, 0.3) is 0 Å². The summed E-state index contributed by atoms with van der Waals surface area (Å²) in [6.45, 7) is 1.92. The summed E-state index contributed by atoms with van der Waals surface area (Å²) in [5, 5.41) is 3.73. The molecule has 2 nitrogen and oxygen atoms in total. The summed E-state index contributed by atoms with van der Waals surface area (Å²) >= 11 is 0. The number of nitrogens with one attached hydrogen (secondary N) is 1. The molecule has 2 bridgehead atoms. The maximum absolute atomic E-state index is 5.33. The molecule has 3 saturated carbocycles. The van der Waals surface area contributed by atoms with Gasteiger partial charge in [0.25, 0.3) is 0 Å². The van der Waals surface area contributed by atoms with Gasteiger partial charge in [0.2, 0.25) is 0 Å². The van der Waals surface area contributed by atoms with Gasteiger partial charge in [0.15, 0.2) is 0 Å². The quantitative estimate of drug-likeness (QED) is 0.637. The van der Waals surface area contributed by atoms with Crippen LogP contribution < -0.4 is 5.32 Å². The van der Waals surface area contributed by atoms with E-state index < -0.39 is 0 Å². The number of ether oxygens (including phenoxy) is 1. The molecule has 11 heavy (non-hydrogen) atoms. The van der Waals surface area contributed by atoms with E-state index in [2.05, 4.69) is 5.32 Å². The largest absolute Gasteiger partial charge is 0.380 e. The third kappa shape index (κ3) is 0.859. The van der Waals surface area contributed by atoms with Crippen LogP contribution in [-0.4, -0.2) is 24.8 Å². The molecule has 1 N–H and O–H groups in total. The third-order valence-electron chi connectivity index (χ3n) is 3.48. The highest BCUT2D eigenvalue weighted by Crippen LogP contribution is 2.57. The van der Waals surface area contributed by atoms with E-state index in [4.69, 9.17) is 4.74 Å². The van der Waals surface area contributed by atoms with E-state index in [1.54, 1.807) is 0 Å². The predicted molar refractivity (Wildman–Crippen MR) is 42.4 cm³/mol. The minimum Gasteiger partial charge on any atom is -0.380 e. The second-order valence-corrected chi connectivity index (χ2v) is 4.46. The number of hydrogen-bond acceptors (Lipinski definition) is 2. The summed E-state index contributed by atoms with van der Waals surface area (Å²) in [4.78, 5) is 0. The molecule has 1 unspecified atom stereocenters. The Labute approximate surface area is 67.3 Å². The Morgan fingerprint density at radius 1 is 1.27 bits per heavy atom. The van der Waals surface area contributed by atoms with Crippen molar-refractivity contribution in [3.63, 3.8) is 0 Å². The molecule has 0 aromatic carbocycles. The van der Waals surface area contributed by atoms with Gasteiger partial charge in [-0.1, -0.05) is 0 Å². The fourth-order valence-corrected chi connectivity index (χ4v) is 2.74. The molecule has 4 fully saturated rings. The first kappa shape index (κ1) is 6.44. The van der Waals surface area contributed by atoms with Gasteiger partial charge in [-0.3, -0.25) is 0 Å². The monoisotopic (exact) mass is 153 g/mol. The zero-order valence-corrected chi connectivity index (χ0v) is 6.81. The minimum absolute atomic E-state index is 0.600. The fourth-order valence-electron chi connectivity index (χ4n) is 2.74. The Morgan fingerprint density at radius 3 is 2.55 bits per heavy atom. The molecule has 2 heteroatoms. The average Bonchev–Trinajstić information content (AvgIpc) is 2.26. The van der Waals surface area contributed by atoms with Gasteiger partial charge >= 0.3 is 0 Å². The summed E-state index contributed by atoms with van der Waals surface area (Å²) in [5.74, 6) is 1.09. The van der Waals surface area contributed by atoms with E-state index in [9.17, 15) is 0 Å². The van der Waals surface area contributed by atoms with Crippen LogP contribution in [-0.2, 0) is 4.74 Å². The van der Waals surface area contributed by atoms with Crippen molar-refractivity contribution in [2.24, 2.45) is 5.92 Å². The zero-order valence-electron chi connectivity index (χ0n) is 6.81. The molecule has 0 aromatic heterocycles. The van der Waals surface area contributed by atoms with Crippen molar-refractivity contribution in [3.8, 4) is 0 Å². The zero-order chi connectivity index (χ0) is 7.31. The Balaban J connectivity index is 1.57. The molecule has 0 aromatic rings. The molecule has 0 amide bonds. The van der Waals surface area contributed by atoms with Crippen LogP contribution in [0.5, 0.6) is 0 Å². The maximum atomic E-state index is 5.33. The summed E-state index contributed by atoms with van der Waals surface area (Å²) in [5.41, 5.74) is 0.600. The minimum atomic E-state index is 0.600. The molecule has 1 heterocycles. The third-order valence-corrected chi connectivity index (χ3v) is 3.48. The normalized spacial score (nSPS) is 53.5. The van der Waals surface area contributed by atoms with E-state index in [0.29, 0.717) is 11.6 Å². The molecular formula is C9H15NO. The van der Waals surface area contributed by atoms with E-state index in [-0.39, 0.29) is 0 Å². The van der Waals surface area contributed by atoms with Crippen LogP contribution in [0.2, 0.25) is 0 Å². The maximum Gasteiger partial charge on any atom is 0.0620 e. The standard InChI is InChI=1S/C9H15NO/c1-2-11-6-8(1)10-9-3-7(4-9)5-9/h7-8,10H,1-6H2. The molecule has 1 saturated heterocycles. The van der Waals surface area contributed by atoms with Gasteiger partial charge < -0.3 is 10.1 Å². The van der Waals surface area contributed by atoms with E-state index in [1.165, 1.54) is 25.7 Å². The van der Waals surface area contributed by atoms with Crippen molar-refractivity contribution in [2.75, 3.05) is 13.2 Å². The summed E-state index contributed by atoms with van der Waals surface area (Å²) < 4.78 is 5.33. The van der Waals surface area contributed by atoms with Crippen molar-refractivity contribution in [2.45, 2.75) is 37.3 Å². The lowest BCUT2D eigenvalue weighted by Gasteiger charge is -2.63. The Bertz CT molecular complexity index is 157. The van der Waals surface area contributed by atoms with Gasteiger partial charge in [0, 0.05) is 18.2 Å². The first-order chi connectivity index (χ1) is 5.36. The van der Waals surface area contributed by atoms with Crippen LogP contribution in [0.4, 0.5) is 0 Å². The molecule has 1 aliphatic heterocycles. The second-order valence-electron chi connectivity index (χ2n) is 4.46. The van der Waals surface area contributed by atoms with Crippen molar-refractivity contribution < 1.29 is 4.74 Å². The van der Waals surface area contributed by atoms with Gasteiger partial charge in [-0.05, 0) is 31.6 Å². The van der Waals surface area contributed by atoms with Crippen LogP contribution in [0, 0.1) is 5.92 Å². The summed E-state index contributed by atoms with van der Waals surface area (Å²) in [6, 6.07) is 0.677.